The molecule has 0 saturated heterocycles. The molecule has 0 amide bonds. The molecule has 2 N–H and O–H groups in total. The standard InChI is InChI=1S/C17H19NO2/c1-12-6-7-13(10-17(12)20-2)8-9-16(19)14-4-3-5-15(18)11-14/h3-7,10-11H,8-9,18H2,1-2H3. The smallest absolute Gasteiger partial charge is 0.163 e. The average Bonchev–Trinajstić information content (AvgIpc) is 2.46. The van der Waals surface area contributed by atoms with E-state index in [-0.39, 0.29) is 5.78 Å². The lowest BCUT2D eigenvalue weighted by Crippen LogP contribution is -2.02. The second-order valence-electron chi connectivity index (χ2n) is 4.85. The molecule has 2 rings (SSSR count). The van der Waals surface area contributed by atoms with E-state index in [4.69, 9.17) is 10.5 Å². The number of hydrogen-bond donors (Lipinski definition) is 1. The van der Waals surface area contributed by atoms with Crippen LogP contribution in [0.5, 0.6) is 5.75 Å². The molecule has 20 heavy (non-hydrogen) atoms. The third-order valence-corrected chi connectivity index (χ3v) is 3.32. The van der Waals surface area contributed by atoms with Crippen molar-refractivity contribution in [3.63, 3.8) is 0 Å². The van der Waals surface area contributed by atoms with Gasteiger partial charge in [0, 0.05) is 17.7 Å². The number of carbonyl (C=O) groups is 1. The lowest BCUT2D eigenvalue weighted by Gasteiger charge is -2.07. The van der Waals surface area contributed by atoms with Gasteiger partial charge in [-0.05, 0) is 42.7 Å². The number of anilines is 1. The van der Waals surface area contributed by atoms with Crippen molar-refractivity contribution in [2.24, 2.45) is 0 Å². The molecule has 0 saturated carbocycles. The van der Waals surface area contributed by atoms with E-state index in [0.717, 1.165) is 16.9 Å². The van der Waals surface area contributed by atoms with Gasteiger partial charge in [-0.3, -0.25) is 4.79 Å². The average molecular weight is 269 g/mol. The van der Waals surface area contributed by atoms with Crippen molar-refractivity contribution in [1.29, 1.82) is 0 Å². The summed E-state index contributed by atoms with van der Waals surface area (Å²) in [6.45, 7) is 2.00. The van der Waals surface area contributed by atoms with Crippen LogP contribution in [0.1, 0.15) is 27.9 Å². The van der Waals surface area contributed by atoms with E-state index < -0.39 is 0 Å². The van der Waals surface area contributed by atoms with Crippen LogP contribution in [0.3, 0.4) is 0 Å². The van der Waals surface area contributed by atoms with Gasteiger partial charge < -0.3 is 10.5 Å². The predicted octanol–water partition coefficient (Wildman–Crippen LogP) is 3.40. The summed E-state index contributed by atoms with van der Waals surface area (Å²) in [6, 6.07) is 13.1. The van der Waals surface area contributed by atoms with Gasteiger partial charge in [0.05, 0.1) is 7.11 Å². The topological polar surface area (TPSA) is 52.3 Å². The Hall–Kier alpha value is -2.29. The van der Waals surface area contributed by atoms with E-state index in [2.05, 4.69) is 0 Å². The number of Topliss-reactive ketones (excluding diaryl/α,β-unsaturated/α-hetero) is 1. The molecule has 0 bridgehead atoms. The number of ether oxygens (including phenoxy) is 1. The molecule has 0 spiro atoms. The van der Waals surface area contributed by atoms with E-state index >= 15 is 0 Å². The summed E-state index contributed by atoms with van der Waals surface area (Å²) in [7, 11) is 1.66. The fraction of sp³-hybridized carbons (Fsp3) is 0.235. The Balaban J connectivity index is 2.03. The fourth-order valence-corrected chi connectivity index (χ4v) is 2.13. The van der Waals surface area contributed by atoms with E-state index in [1.165, 1.54) is 0 Å². The first-order chi connectivity index (χ1) is 9.60. The first-order valence-electron chi connectivity index (χ1n) is 6.62. The Kier molecular flexibility index (Phi) is 4.41. The molecule has 2 aromatic rings. The zero-order valence-corrected chi connectivity index (χ0v) is 11.8. The van der Waals surface area contributed by atoms with Crippen molar-refractivity contribution in [3.05, 3.63) is 59.2 Å². The summed E-state index contributed by atoms with van der Waals surface area (Å²) in [5.74, 6) is 0.968. The second kappa shape index (κ2) is 6.24. The number of methoxy groups -OCH3 is 1. The van der Waals surface area contributed by atoms with Gasteiger partial charge >= 0.3 is 0 Å². The summed E-state index contributed by atoms with van der Waals surface area (Å²) < 4.78 is 5.29. The normalized spacial score (nSPS) is 10.3. The number of rotatable bonds is 5. The fourth-order valence-electron chi connectivity index (χ4n) is 2.13. The number of ketones is 1. The molecule has 0 radical (unpaired) electrons. The van der Waals surface area contributed by atoms with Crippen molar-refractivity contribution in [2.45, 2.75) is 19.8 Å². The van der Waals surface area contributed by atoms with Gasteiger partial charge in [0.25, 0.3) is 0 Å². The van der Waals surface area contributed by atoms with Crippen molar-refractivity contribution >= 4 is 11.5 Å². The highest BCUT2D eigenvalue weighted by atomic mass is 16.5. The minimum absolute atomic E-state index is 0.108. The molecular weight excluding hydrogens is 250 g/mol. The number of nitrogens with two attached hydrogens (primary N) is 1. The Labute approximate surface area is 119 Å². The van der Waals surface area contributed by atoms with Gasteiger partial charge in [-0.25, -0.2) is 0 Å². The number of carbonyl (C=O) groups excluding carboxylic acids is 1. The third kappa shape index (κ3) is 3.38. The maximum absolute atomic E-state index is 12.1. The van der Waals surface area contributed by atoms with Gasteiger partial charge in [0.2, 0.25) is 0 Å². The Morgan fingerprint density at radius 3 is 2.70 bits per heavy atom. The summed E-state index contributed by atoms with van der Waals surface area (Å²) in [4.78, 5) is 12.1. The summed E-state index contributed by atoms with van der Waals surface area (Å²) in [5, 5.41) is 0. The molecule has 0 aliphatic carbocycles. The molecule has 0 fully saturated rings. The predicted molar refractivity (Wildman–Crippen MR) is 81.2 cm³/mol. The molecule has 0 atom stereocenters. The van der Waals surface area contributed by atoms with Gasteiger partial charge in [-0.1, -0.05) is 24.3 Å². The monoisotopic (exact) mass is 269 g/mol. The number of hydrogen-bond acceptors (Lipinski definition) is 3. The maximum Gasteiger partial charge on any atom is 0.163 e. The van der Waals surface area contributed by atoms with Crippen molar-refractivity contribution in [3.8, 4) is 5.75 Å². The molecule has 3 heteroatoms. The van der Waals surface area contributed by atoms with Crippen LogP contribution in [0.2, 0.25) is 0 Å². The highest BCUT2D eigenvalue weighted by molar-refractivity contribution is 5.96. The largest absolute Gasteiger partial charge is 0.496 e. The molecule has 104 valence electrons. The quantitative estimate of drug-likeness (QED) is 0.668. The number of benzene rings is 2. The van der Waals surface area contributed by atoms with Crippen LogP contribution in [0.25, 0.3) is 0 Å². The molecule has 0 aliphatic rings. The van der Waals surface area contributed by atoms with Crippen LogP contribution in [-0.2, 0) is 6.42 Å². The lowest BCUT2D eigenvalue weighted by atomic mass is 10.0. The Morgan fingerprint density at radius 1 is 1.20 bits per heavy atom. The molecule has 3 nitrogen and oxygen atoms in total. The second-order valence-corrected chi connectivity index (χ2v) is 4.85. The van der Waals surface area contributed by atoms with Gasteiger partial charge in [-0.15, -0.1) is 0 Å². The van der Waals surface area contributed by atoms with Crippen LogP contribution in [0.4, 0.5) is 5.69 Å². The Bertz CT molecular complexity index is 620. The first kappa shape index (κ1) is 14.1. The zero-order chi connectivity index (χ0) is 14.5. The van der Waals surface area contributed by atoms with E-state index in [1.807, 2.05) is 25.1 Å². The highest BCUT2D eigenvalue weighted by Gasteiger charge is 2.07. The lowest BCUT2D eigenvalue weighted by molar-refractivity contribution is 0.0983. The first-order valence-corrected chi connectivity index (χ1v) is 6.62. The van der Waals surface area contributed by atoms with Crippen molar-refractivity contribution in [1.82, 2.24) is 0 Å². The molecule has 2 aromatic carbocycles. The van der Waals surface area contributed by atoms with Gasteiger partial charge in [0.1, 0.15) is 5.75 Å². The van der Waals surface area contributed by atoms with Crippen LogP contribution in [-0.4, -0.2) is 12.9 Å². The minimum Gasteiger partial charge on any atom is -0.496 e. The van der Waals surface area contributed by atoms with Gasteiger partial charge in [0.15, 0.2) is 5.78 Å². The van der Waals surface area contributed by atoms with Crippen molar-refractivity contribution in [2.75, 3.05) is 12.8 Å². The van der Waals surface area contributed by atoms with E-state index in [0.29, 0.717) is 24.1 Å². The zero-order valence-electron chi connectivity index (χ0n) is 11.8. The highest BCUT2D eigenvalue weighted by Crippen LogP contribution is 2.20. The maximum atomic E-state index is 12.1. The van der Waals surface area contributed by atoms with Crippen LogP contribution >= 0.6 is 0 Å². The minimum atomic E-state index is 0.108. The van der Waals surface area contributed by atoms with E-state index in [9.17, 15) is 4.79 Å². The van der Waals surface area contributed by atoms with Crippen LogP contribution in [0.15, 0.2) is 42.5 Å². The molecule has 0 aromatic heterocycles. The summed E-state index contributed by atoms with van der Waals surface area (Å²) in [5.41, 5.74) is 9.18. The third-order valence-electron chi connectivity index (χ3n) is 3.32. The summed E-state index contributed by atoms with van der Waals surface area (Å²) >= 11 is 0. The van der Waals surface area contributed by atoms with Crippen LogP contribution < -0.4 is 10.5 Å². The van der Waals surface area contributed by atoms with Crippen LogP contribution in [0, 0.1) is 6.92 Å². The number of aryl methyl sites for hydroxylation is 2. The van der Waals surface area contributed by atoms with E-state index in [1.54, 1.807) is 31.4 Å². The molecule has 0 heterocycles. The number of nitrogen functional groups attached to an aromatic ring is 1. The molecular formula is C17H19NO2. The molecule has 0 aliphatic heterocycles. The SMILES string of the molecule is COc1cc(CCC(=O)c2cccc(N)c2)ccc1C. The molecule has 0 unspecified atom stereocenters. The van der Waals surface area contributed by atoms with Crippen molar-refractivity contribution < 1.29 is 9.53 Å². The Morgan fingerprint density at radius 2 is 2.00 bits per heavy atom. The van der Waals surface area contributed by atoms with Gasteiger partial charge in [-0.2, -0.15) is 0 Å². The summed E-state index contributed by atoms with van der Waals surface area (Å²) in [6.07, 6.45) is 1.17.